The highest BCUT2D eigenvalue weighted by Gasteiger charge is 2.69. The Labute approximate surface area is 150 Å². The molecule has 5 nitrogen and oxygen atoms in total. The summed E-state index contributed by atoms with van der Waals surface area (Å²) in [5, 5.41) is 12.3. The first-order valence-electron chi connectivity index (χ1n) is 10.1. The van der Waals surface area contributed by atoms with E-state index >= 15 is 0 Å². The number of ether oxygens (including phenoxy) is 1. The second-order valence-corrected chi connectivity index (χ2v) is 8.87. The van der Waals surface area contributed by atoms with E-state index in [9.17, 15) is 5.11 Å². The SMILES string of the molecule is O[C@]1(C[NH+]2CCOCC2)C2C[NH+]3CC[NH+](C2)CC1(c1ccccc1)C3. The van der Waals surface area contributed by atoms with Gasteiger partial charge in [-0.3, -0.25) is 0 Å². The first-order chi connectivity index (χ1) is 12.2. The molecule has 4 N–H and O–H groups in total. The van der Waals surface area contributed by atoms with Gasteiger partial charge < -0.3 is 24.5 Å². The Morgan fingerprint density at radius 1 is 0.960 bits per heavy atom. The third kappa shape index (κ3) is 2.48. The number of nitrogens with one attached hydrogen (secondary N) is 3. The summed E-state index contributed by atoms with van der Waals surface area (Å²) in [5.74, 6) is 0.415. The summed E-state index contributed by atoms with van der Waals surface area (Å²) in [6.07, 6.45) is 0. The Balaban J connectivity index is 1.57. The summed E-state index contributed by atoms with van der Waals surface area (Å²) < 4.78 is 5.56. The van der Waals surface area contributed by atoms with Gasteiger partial charge in [0.05, 0.1) is 45.3 Å². The summed E-state index contributed by atoms with van der Waals surface area (Å²) in [7, 11) is 0. The number of benzene rings is 1. The minimum absolute atomic E-state index is 0.0953. The summed E-state index contributed by atoms with van der Waals surface area (Å²) >= 11 is 0. The van der Waals surface area contributed by atoms with E-state index in [2.05, 4.69) is 30.3 Å². The molecular formula is C20H32N3O2+3. The standard InChI is InChI=1S/C20H29N3O2/c24-20(16-21-8-10-25-11-9-21)18-12-22-6-7-23(13-18)15-19(20,14-22)17-4-2-1-3-5-17/h1-5,18,24H,6-16H2/p+3/t18?,19?,20-/m1/s1. The van der Waals surface area contributed by atoms with Crippen molar-refractivity contribution >= 4 is 0 Å². The van der Waals surface area contributed by atoms with Crippen LogP contribution in [0.1, 0.15) is 5.56 Å². The lowest BCUT2D eigenvalue weighted by Crippen LogP contribution is -3.23. The van der Waals surface area contributed by atoms with Crippen molar-refractivity contribution < 1.29 is 24.5 Å². The lowest BCUT2D eigenvalue weighted by molar-refractivity contribution is -0.937. The molecule has 5 heteroatoms. The first-order valence-corrected chi connectivity index (χ1v) is 10.1. The zero-order chi connectivity index (χ0) is 16.9. The number of piperidine rings is 2. The molecule has 0 spiro atoms. The molecule has 5 aliphatic rings. The van der Waals surface area contributed by atoms with Crippen molar-refractivity contribution in [3.05, 3.63) is 35.9 Å². The first kappa shape index (κ1) is 16.2. The predicted molar refractivity (Wildman–Crippen MR) is 94.1 cm³/mol. The molecule has 5 aliphatic heterocycles. The molecule has 5 fully saturated rings. The van der Waals surface area contributed by atoms with E-state index in [0.29, 0.717) is 5.92 Å². The van der Waals surface area contributed by atoms with Gasteiger partial charge in [0.15, 0.2) is 0 Å². The topological polar surface area (TPSA) is 42.8 Å². The highest BCUT2D eigenvalue weighted by Crippen LogP contribution is 2.41. The Morgan fingerprint density at radius 3 is 2.24 bits per heavy atom. The Kier molecular flexibility index (Phi) is 3.91. The summed E-state index contributed by atoms with van der Waals surface area (Å²) in [6, 6.07) is 11.0. The highest BCUT2D eigenvalue weighted by molar-refractivity contribution is 5.33. The Hall–Kier alpha value is -0.980. The molecule has 136 valence electrons. The maximum absolute atomic E-state index is 12.3. The van der Waals surface area contributed by atoms with Crippen molar-refractivity contribution in [3.63, 3.8) is 0 Å². The number of rotatable bonds is 3. The van der Waals surface area contributed by atoms with Crippen LogP contribution in [0.15, 0.2) is 30.3 Å². The Morgan fingerprint density at radius 2 is 1.60 bits per heavy atom. The second-order valence-electron chi connectivity index (χ2n) is 8.87. The normalized spacial score (nSPS) is 44.0. The van der Waals surface area contributed by atoms with E-state index in [1.54, 1.807) is 9.80 Å². The molecule has 2 unspecified atom stereocenters. The zero-order valence-corrected chi connectivity index (χ0v) is 15.1. The van der Waals surface area contributed by atoms with Crippen LogP contribution in [0.2, 0.25) is 0 Å². The van der Waals surface area contributed by atoms with Crippen LogP contribution in [0.4, 0.5) is 0 Å². The maximum Gasteiger partial charge on any atom is 0.147 e. The molecule has 5 saturated heterocycles. The van der Waals surface area contributed by atoms with Gasteiger partial charge in [0.25, 0.3) is 0 Å². The molecule has 0 radical (unpaired) electrons. The van der Waals surface area contributed by atoms with Gasteiger partial charge in [0.1, 0.15) is 43.7 Å². The molecular weight excluding hydrogens is 314 g/mol. The van der Waals surface area contributed by atoms with E-state index in [1.165, 1.54) is 23.6 Å². The lowest BCUT2D eigenvalue weighted by Gasteiger charge is -2.56. The van der Waals surface area contributed by atoms with E-state index < -0.39 is 5.60 Å². The molecule has 4 bridgehead atoms. The molecule has 1 aromatic rings. The molecule has 5 heterocycles. The summed E-state index contributed by atoms with van der Waals surface area (Å²) in [4.78, 5) is 4.95. The smallest absolute Gasteiger partial charge is 0.147 e. The lowest BCUT2D eigenvalue weighted by atomic mass is 9.57. The van der Waals surface area contributed by atoms with Crippen molar-refractivity contribution in [1.82, 2.24) is 0 Å². The van der Waals surface area contributed by atoms with Crippen molar-refractivity contribution in [1.29, 1.82) is 0 Å². The predicted octanol–water partition coefficient (Wildman–Crippen LogP) is -4.00. The van der Waals surface area contributed by atoms with Gasteiger partial charge in [0.2, 0.25) is 0 Å². The van der Waals surface area contributed by atoms with Crippen LogP contribution >= 0.6 is 0 Å². The van der Waals surface area contributed by atoms with E-state index in [4.69, 9.17) is 4.74 Å². The van der Waals surface area contributed by atoms with Gasteiger partial charge in [-0.1, -0.05) is 30.3 Å². The number of aliphatic hydroxyl groups is 1. The van der Waals surface area contributed by atoms with Crippen LogP contribution < -0.4 is 14.7 Å². The van der Waals surface area contributed by atoms with Gasteiger partial charge >= 0.3 is 0 Å². The minimum atomic E-state index is -0.585. The highest BCUT2D eigenvalue weighted by atomic mass is 16.5. The number of morpholine rings is 1. The van der Waals surface area contributed by atoms with Crippen LogP contribution in [0.3, 0.4) is 0 Å². The fraction of sp³-hybridized carbons (Fsp3) is 0.700. The Bertz CT molecular complexity index is 603. The monoisotopic (exact) mass is 346 g/mol. The van der Waals surface area contributed by atoms with Gasteiger partial charge in [-0.25, -0.2) is 0 Å². The van der Waals surface area contributed by atoms with Crippen LogP contribution in [0.25, 0.3) is 0 Å². The van der Waals surface area contributed by atoms with Crippen LogP contribution in [0.5, 0.6) is 0 Å². The number of hydrogen-bond acceptors (Lipinski definition) is 2. The van der Waals surface area contributed by atoms with Crippen molar-refractivity contribution in [2.45, 2.75) is 11.0 Å². The maximum atomic E-state index is 12.3. The van der Waals surface area contributed by atoms with Crippen LogP contribution in [0, 0.1) is 5.92 Å². The van der Waals surface area contributed by atoms with Gasteiger partial charge in [0, 0.05) is 0 Å². The molecule has 0 aliphatic carbocycles. The fourth-order valence-electron chi connectivity index (χ4n) is 6.34. The third-order valence-electron chi connectivity index (χ3n) is 7.56. The van der Waals surface area contributed by atoms with Crippen LogP contribution in [-0.2, 0) is 10.2 Å². The number of hydrogen-bond donors (Lipinski definition) is 4. The number of fused-ring (bicyclic) bond motifs is 1. The van der Waals surface area contributed by atoms with E-state index in [-0.39, 0.29) is 5.41 Å². The molecule has 25 heavy (non-hydrogen) atoms. The third-order valence-corrected chi connectivity index (χ3v) is 7.56. The molecule has 1 aromatic carbocycles. The quantitative estimate of drug-likeness (QED) is 0.451. The average molecular weight is 346 g/mol. The summed E-state index contributed by atoms with van der Waals surface area (Å²) in [6.45, 7) is 11.6. The van der Waals surface area contributed by atoms with Crippen molar-refractivity contribution in [2.75, 3.05) is 72.1 Å². The zero-order valence-electron chi connectivity index (χ0n) is 15.1. The largest absolute Gasteiger partial charge is 0.382 e. The molecule has 0 amide bonds. The second kappa shape index (κ2) is 6.03. The minimum Gasteiger partial charge on any atom is -0.382 e. The van der Waals surface area contributed by atoms with Gasteiger partial charge in [-0.05, 0) is 5.56 Å². The molecule has 0 saturated carbocycles. The van der Waals surface area contributed by atoms with Gasteiger partial charge in [-0.15, -0.1) is 0 Å². The molecule has 6 rings (SSSR count). The van der Waals surface area contributed by atoms with Gasteiger partial charge in [-0.2, -0.15) is 0 Å². The van der Waals surface area contributed by atoms with Crippen molar-refractivity contribution in [3.8, 4) is 0 Å². The van der Waals surface area contributed by atoms with Crippen LogP contribution in [-0.4, -0.2) is 82.8 Å². The molecule has 0 aromatic heterocycles. The fourth-order valence-corrected chi connectivity index (χ4v) is 6.34. The number of quaternary nitrogens is 3. The summed E-state index contributed by atoms with van der Waals surface area (Å²) in [5.41, 5.74) is 0.687. The molecule has 3 atom stereocenters. The average Bonchev–Trinajstić information content (AvgIpc) is 2.91. The van der Waals surface area contributed by atoms with E-state index in [0.717, 1.165) is 59.0 Å². The van der Waals surface area contributed by atoms with Crippen molar-refractivity contribution in [2.24, 2.45) is 5.92 Å². The van der Waals surface area contributed by atoms with E-state index in [1.807, 2.05) is 0 Å².